The third kappa shape index (κ3) is 4.33. The maximum atomic E-state index is 12.1. The lowest BCUT2D eigenvalue weighted by molar-refractivity contribution is 0.479. The molecular formula is C25H17N3O4S3. The molecule has 7 nitrogen and oxygen atoms in total. The van der Waals surface area contributed by atoms with Gasteiger partial charge in [-0.25, -0.2) is 8.42 Å². The molecule has 2 aromatic carbocycles. The highest BCUT2D eigenvalue weighted by Crippen LogP contribution is 2.47. The van der Waals surface area contributed by atoms with Gasteiger partial charge in [0.05, 0.1) is 11.6 Å². The molecule has 3 N–H and O–H groups in total. The Labute approximate surface area is 208 Å². The zero-order valence-electron chi connectivity index (χ0n) is 18.2. The number of nitrogens with one attached hydrogen (secondary N) is 2. The monoisotopic (exact) mass is 519 g/mol. The molecule has 0 saturated carbocycles. The van der Waals surface area contributed by atoms with Gasteiger partial charge in [-0.2, -0.15) is 5.26 Å². The number of aromatic nitrogens is 1. The van der Waals surface area contributed by atoms with Crippen LogP contribution in [0.3, 0.4) is 0 Å². The predicted octanol–water partition coefficient (Wildman–Crippen LogP) is 5.60. The van der Waals surface area contributed by atoms with E-state index in [-0.39, 0.29) is 11.3 Å². The second kappa shape index (κ2) is 8.70. The van der Waals surface area contributed by atoms with E-state index in [2.05, 4.69) is 9.71 Å². The van der Waals surface area contributed by atoms with Crippen molar-refractivity contribution in [3.63, 3.8) is 0 Å². The van der Waals surface area contributed by atoms with Crippen LogP contribution in [0.15, 0.2) is 70.8 Å². The number of sulfonamides is 1. The van der Waals surface area contributed by atoms with Gasteiger partial charge in [0, 0.05) is 31.9 Å². The maximum absolute atomic E-state index is 12.1. The van der Waals surface area contributed by atoms with Crippen LogP contribution in [0.25, 0.3) is 42.2 Å². The van der Waals surface area contributed by atoms with Crippen LogP contribution in [-0.4, -0.2) is 24.8 Å². The lowest BCUT2D eigenvalue weighted by Gasteiger charge is -2.07. The van der Waals surface area contributed by atoms with Crippen LogP contribution in [0.2, 0.25) is 0 Å². The first-order chi connectivity index (χ1) is 16.7. The summed E-state index contributed by atoms with van der Waals surface area (Å²) in [4.78, 5) is 17.1. The van der Waals surface area contributed by atoms with Gasteiger partial charge >= 0.3 is 0 Å². The number of hydrogen-bond acceptors (Lipinski definition) is 7. The third-order valence-electron chi connectivity index (χ3n) is 5.36. The number of rotatable bonds is 5. The first-order valence-electron chi connectivity index (χ1n) is 10.3. The number of thiophene rings is 2. The number of aromatic hydroxyl groups is 1. The SMILES string of the molecule is CS(=O)(=O)Nc1ccc(-c2cc(-c3csc4[nH]c(=O)c(C#N)c(O)c34)sc2-c2ccccc2)cc1. The van der Waals surface area contributed by atoms with Crippen LogP contribution in [-0.2, 0) is 10.0 Å². The molecule has 174 valence electrons. The van der Waals surface area contributed by atoms with Crippen LogP contribution in [0, 0.1) is 11.3 Å². The van der Waals surface area contributed by atoms with Gasteiger partial charge in [0.25, 0.3) is 5.56 Å². The summed E-state index contributed by atoms with van der Waals surface area (Å²) in [5, 5.41) is 22.3. The number of hydrogen-bond donors (Lipinski definition) is 3. The minimum atomic E-state index is -3.38. The molecule has 10 heteroatoms. The molecule has 35 heavy (non-hydrogen) atoms. The molecular weight excluding hydrogens is 502 g/mol. The molecule has 0 bridgehead atoms. The number of fused-ring (bicyclic) bond motifs is 1. The lowest BCUT2D eigenvalue weighted by Crippen LogP contribution is -2.09. The standard InChI is InChI=1S/C25H17N3O4S3/c1-35(31,32)28-16-9-7-14(8-10-16)17-11-20(34-23(17)15-5-3-2-4-6-15)19-13-33-25-21(19)22(29)18(12-26)24(30)27-25/h2-11,13,28H,1H3,(H2,27,29,30). The van der Waals surface area contributed by atoms with Crippen LogP contribution >= 0.6 is 22.7 Å². The number of pyridine rings is 1. The van der Waals surface area contributed by atoms with E-state index in [0.717, 1.165) is 38.3 Å². The molecule has 0 unspecified atom stereocenters. The van der Waals surface area contributed by atoms with Gasteiger partial charge in [-0.1, -0.05) is 42.5 Å². The fourth-order valence-corrected chi connectivity index (χ4v) is 6.65. The summed E-state index contributed by atoms with van der Waals surface area (Å²) >= 11 is 2.82. The highest BCUT2D eigenvalue weighted by molar-refractivity contribution is 7.92. The average Bonchev–Trinajstić information content (AvgIpc) is 3.44. The molecule has 5 aromatic rings. The van der Waals surface area contributed by atoms with Crippen LogP contribution in [0.1, 0.15) is 5.56 Å². The van der Waals surface area contributed by atoms with E-state index >= 15 is 0 Å². The largest absolute Gasteiger partial charge is 0.506 e. The van der Waals surface area contributed by atoms with Gasteiger partial charge in [0.15, 0.2) is 5.56 Å². The van der Waals surface area contributed by atoms with Gasteiger partial charge in [-0.05, 0) is 29.3 Å². The fourth-order valence-electron chi connectivity index (χ4n) is 3.84. The minimum absolute atomic E-state index is 0.314. The van der Waals surface area contributed by atoms with Crippen molar-refractivity contribution >= 4 is 48.6 Å². The number of nitrogens with zero attached hydrogens (tertiary/aromatic N) is 1. The van der Waals surface area contributed by atoms with Crippen molar-refractivity contribution in [2.75, 3.05) is 11.0 Å². The van der Waals surface area contributed by atoms with Crippen molar-refractivity contribution in [1.29, 1.82) is 5.26 Å². The highest BCUT2D eigenvalue weighted by Gasteiger charge is 2.21. The number of H-pyrrole nitrogens is 1. The van der Waals surface area contributed by atoms with Gasteiger partial charge in [-0.3, -0.25) is 9.52 Å². The smallest absolute Gasteiger partial charge is 0.270 e. The summed E-state index contributed by atoms with van der Waals surface area (Å²) in [6, 6.07) is 20.7. The summed E-state index contributed by atoms with van der Waals surface area (Å²) < 4.78 is 25.6. The summed E-state index contributed by atoms with van der Waals surface area (Å²) in [6.45, 7) is 0. The number of anilines is 1. The van der Waals surface area contributed by atoms with Crippen molar-refractivity contribution in [2.24, 2.45) is 0 Å². The molecule has 0 aliphatic heterocycles. The van der Waals surface area contributed by atoms with Crippen molar-refractivity contribution in [2.45, 2.75) is 0 Å². The first kappa shape index (κ1) is 22.9. The maximum Gasteiger partial charge on any atom is 0.270 e. The lowest BCUT2D eigenvalue weighted by atomic mass is 10.0. The summed E-state index contributed by atoms with van der Waals surface area (Å²) in [6.07, 6.45) is 1.10. The first-order valence-corrected chi connectivity index (χ1v) is 13.9. The summed E-state index contributed by atoms with van der Waals surface area (Å²) in [7, 11) is -3.38. The van der Waals surface area contributed by atoms with E-state index in [0.29, 0.717) is 15.9 Å². The quantitative estimate of drug-likeness (QED) is 0.279. The van der Waals surface area contributed by atoms with Gasteiger partial charge in [-0.15, -0.1) is 22.7 Å². The van der Waals surface area contributed by atoms with E-state index in [4.69, 9.17) is 0 Å². The topological polar surface area (TPSA) is 123 Å². The van der Waals surface area contributed by atoms with Crippen molar-refractivity contribution in [3.8, 4) is 43.8 Å². The number of aromatic amines is 1. The van der Waals surface area contributed by atoms with Crippen molar-refractivity contribution in [1.82, 2.24) is 4.98 Å². The molecule has 0 spiro atoms. The Balaban J connectivity index is 1.70. The number of nitriles is 1. The van der Waals surface area contributed by atoms with E-state index in [1.54, 1.807) is 18.2 Å². The second-order valence-electron chi connectivity index (χ2n) is 7.81. The summed E-state index contributed by atoms with van der Waals surface area (Å²) in [5.74, 6) is -0.324. The second-order valence-corrected chi connectivity index (χ2v) is 11.5. The normalized spacial score (nSPS) is 11.4. The van der Waals surface area contributed by atoms with Crippen molar-refractivity contribution in [3.05, 3.63) is 82.0 Å². The number of benzene rings is 2. The molecule has 0 atom stereocenters. The van der Waals surface area contributed by atoms with Gasteiger partial charge < -0.3 is 10.1 Å². The van der Waals surface area contributed by atoms with E-state index < -0.39 is 15.6 Å². The molecule has 3 aromatic heterocycles. The van der Waals surface area contributed by atoms with Crippen molar-refractivity contribution < 1.29 is 13.5 Å². The molecule has 0 aliphatic rings. The fraction of sp³-hybridized carbons (Fsp3) is 0.0400. The van der Waals surface area contributed by atoms with Crippen LogP contribution in [0.5, 0.6) is 5.75 Å². The average molecular weight is 520 g/mol. The Kier molecular flexibility index (Phi) is 5.68. The molecule has 3 heterocycles. The molecule has 5 rings (SSSR count). The van der Waals surface area contributed by atoms with Gasteiger partial charge in [0.1, 0.15) is 16.6 Å². The van der Waals surface area contributed by atoms with E-state index in [1.807, 2.05) is 53.9 Å². The third-order valence-corrected chi connectivity index (χ3v) is 8.08. The Morgan fingerprint density at radius 3 is 2.40 bits per heavy atom. The van der Waals surface area contributed by atoms with Crippen LogP contribution < -0.4 is 10.3 Å². The molecule has 0 saturated heterocycles. The Bertz CT molecular complexity index is 1780. The molecule has 0 fully saturated rings. The zero-order chi connectivity index (χ0) is 24.7. The Hall–Kier alpha value is -3.91. The molecule has 0 aliphatic carbocycles. The van der Waals surface area contributed by atoms with Crippen LogP contribution in [0.4, 0.5) is 5.69 Å². The molecule has 0 amide bonds. The minimum Gasteiger partial charge on any atom is -0.506 e. The zero-order valence-corrected chi connectivity index (χ0v) is 20.6. The van der Waals surface area contributed by atoms with Gasteiger partial charge in [0.2, 0.25) is 10.0 Å². The predicted molar refractivity (Wildman–Crippen MR) is 141 cm³/mol. The Morgan fingerprint density at radius 1 is 1.03 bits per heavy atom. The summed E-state index contributed by atoms with van der Waals surface area (Å²) in [5.41, 5.74) is 3.09. The van der Waals surface area contributed by atoms with E-state index in [9.17, 15) is 23.6 Å². The van der Waals surface area contributed by atoms with E-state index in [1.165, 1.54) is 22.7 Å². The highest BCUT2D eigenvalue weighted by atomic mass is 32.2. The molecule has 0 radical (unpaired) electrons. The Morgan fingerprint density at radius 2 is 1.74 bits per heavy atom.